The maximum Gasteiger partial charge on any atom is 0.402 e. The van der Waals surface area contributed by atoms with Crippen molar-refractivity contribution in [3.8, 4) is 0 Å². The van der Waals surface area contributed by atoms with Crippen LogP contribution in [0.1, 0.15) is 0 Å². The predicted octanol–water partition coefficient (Wildman–Crippen LogP) is 0.183. The molecule has 12 heavy (non-hydrogen) atoms. The zero-order valence-corrected chi connectivity index (χ0v) is 7.30. The normalized spacial score (nSPS) is 13.3. The van der Waals surface area contributed by atoms with Crippen LogP contribution in [0.2, 0.25) is 0 Å². The first kappa shape index (κ1) is 11.7. The average molecular weight is 205 g/mol. The summed E-state index contributed by atoms with van der Waals surface area (Å²) >= 11 is 0. The van der Waals surface area contributed by atoms with E-state index in [1.165, 1.54) is 7.05 Å². The summed E-state index contributed by atoms with van der Waals surface area (Å²) in [6, 6.07) is 0. The molecule has 0 spiro atoms. The Labute approximate surface area is 68.9 Å². The van der Waals surface area contributed by atoms with Gasteiger partial charge < -0.3 is 5.32 Å². The SMILES string of the molecule is CNCCS(=O)(=O)CC(F)(F)F. The molecule has 74 valence electrons. The molecule has 0 aromatic heterocycles. The lowest BCUT2D eigenvalue weighted by Gasteiger charge is -2.06. The van der Waals surface area contributed by atoms with Gasteiger partial charge in [0.05, 0.1) is 5.75 Å². The molecule has 0 aliphatic carbocycles. The summed E-state index contributed by atoms with van der Waals surface area (Å²) in [5.74, 6) is -2.22. The van der Waals surface area contributed by atoms with Crippen molar-refractivity contribution in [3.63, 3.8) is 0 Å². The fraction of sp³-hybridized carbons (Fsp3) is 1.00. The molecule has 0 heterocycles. The third-order valence-electron chi connectivity index (χ3n) is 1.05. The maximum absolute atomic E-state index is 11.6. The van der Waals surface area contributed by atoms with Crippen molar-refractivity contribution in [2.45, 2.75) is 6.18 Å². The highest BCUT2D eigenvalue weighted by Crippen LogP contribution is 2.17. The van der Waals surface area contributed by atoms with Gasteiger partial charge in [-0.3, -0.25) is 0 Å². The lowest BCUT2D eigenvalue weighted by atomic mass is 10.8. The Kier molecular flexibility index (Phi) is 3.98. The number of nitrogens with one attached hydrogen (secondary N) is 1. The van der Waals surface area contributed by atoms with Crippen molar-refractivity contribution in [2.24, 2.45) is 0 Å². The Morgan fingerprint density at radius 3 is 2.17 bits per heavy atom. The molecule has 0 fully saturated rings. The molecule has 3 nitrogen and oxygen atoms in total. The van der Waals surface area contributed by atoms with E-state index in [9.17, 15) is 21.6 Å². The minimum atomic E-state index is -4.63. The summed E-state index contributed by atoms with van der Waals surface area (Å²) in [6.45, 7) is 0.0401. The second-order valence-corrected chi connectivity index (χ2v) is 4.49. The Morgan fingerprint density at radius 1 is 1.33 bits per heavy atom. The summed E-state index contributed by atoms with van der Waals surface area (Å²) < 4.78 is 56.0. The number of rotatable bonds is 4. The molecule has 0 radical (unpaired) electrons. The lowest BCUT2D eigenvalue weighted by Crippen LogP contribution is -2.28. The zero-order valence-electron chi connectivity index (χ0n) is 6.48. The largest absolute Gasteiger partial charge is 0.402 e. The predicted molar refractivity (Wildman–Crippen MR) is 38.6 cm³/mol. The smallest absolute Gasteiger partial charge is 0.319 e. The van der Waals surface area contributed by atoms with Gasteiger partial charge in [0, 0.05) is 6.54 Å². The van der Waals surface area contributed by atoms with Gasteiger partial charge >= 0.3 is 6.18 Å². The summed E-state index contributed by atoms with van der Waals surface area (Å²) in [4.78, 5) is 0. The van der Waals surface area contributed by atoms with Gasteiger partial charge in [-0.25, -0.2) is 8.42 Å². The van der Waals surface area contributed by atoms with Crippen molar-refractivity contribution in [2.75, 3.05) is 25.1 Å². The fourth-order valence-corrected chi connectivity index (χ4v) is 1.74. The third-order valence-corrected chi connectivity index (χ3v) is 2.64. The molecule has 0 bridgehead atoms. The number of hydrogen-bond donors (Lipinski definition) is 1. The minimum Gasteiger partial charge on any atom is -0.319 e. The molecule has 7 heteroatoms. The summed E-state index contributed by atoms with van der Waals surface area (Å²) in [5.41, 5.74) is 0. The Morgan fingerprint density at radius 2 is 1.83 bits per heavy atom. The van der Waals surface area contributed by atoms with Crippen molar-refractivity contribution in [1.82, 2.24) is 5.32 Å². The van der Waals surface area contributed by atoms with Gasteiger partial charge in [-0.1, -0.05) is 0 Å². The van der Waals surface area contributed by atoms with E-state index in [0.29, 0.717) is 0 Å². The van der Waals surface area contributed by atoms with E-state index in [2.05, 4.69) is 5.32 Å². The van der Waals surface area contributed by atoms with E-state index in [4.69, 9.17) is 0 Å². The topological polar surface area (TPSA) is 46.2 Å². The van der Waals surface area contributed by atoms with Crippen LogP contribution in [0.4, 0.5) is 13.2 Å². The summed E-state index contributed by atoms with van der Waals surface area (Å²) in [6.07, 6.45) is -4.63. The second-order valence-electron chi connectivity index (χ2n) is 2.31. The standard InChI is InChI=1S/C5H10F3NO2S/c1-9-2-3-12(10,11)4-5(6,7)8/h9H,2-4H2,1H3. The highest BCUT2D eigenvalue weighted by atomic mass is 32.2. The molecule has 0 aliphatic heterocycles. The van der Waals surface area contributed by atoms with E-state index in [1.54, 1.807) is 0 Å². The average Bonchev–Trinajstić information content (AvgIpc) is 1.78. The lowest BCUT2D eigenvalue weighted by molar-refractivity contribution is -0.106. The number of alkyl halides is 3. The third kappa shape index (κ3) is 6.41. The van der Waals surface area contributed by atoms with Crippen LogP contribution in [0.25, 0.3) is 0 Å². The Balaban J connectivity index is 4.06. The van der Waals surface area contributed by atoms with E-state index in [-0.39, 0.29) is 6.54 Å². The van der Waals surface area contributed by atoms with Crippen LogP contribution in [0, 0.1) is 0 Å². The fourth-order valence-electron chi connectivity index (χ4n) is 0.579. The molecule has 0 aromatic rings. The molecule has 0 atom stereocenters. The molecule has 0 saturated carbocycles. The maximum atomic E-state index is 11.6. The summed E-state index contributed by atoms with van der Waals surface area (Å²) in [7, 11) is -2.51. The van der Waals surface area contributed by atoms with Crippen molar-refractivity contribution in [3.05, 3.63) is 0 Å². The van der Waals surface area contributed by atoms with Gasteiger partial charge in [-0.15, -0.1) is 0 Å². The van der Waals surface area contributed by atoms with Gasteiger partial charge in [-0.05, 0) is 7.05 Å². The van der Waals surface area contributed by atoms with Crippen LogP contribution < -0.4 is 5.32 Å². The molecule has 0 rings (SSSR count). The first-order valence-corrected chi connectivity index (χ1v) is 5.01. The van der Waals surface area contributed by atoms with Gasteiger partial charge in [0.1, 0.15) is 5.75 Å². The molecule has 0 aromatic carbocycles. The van der Waals surface area contributed by atoms with Crippen LogP contribution in [0.5, 0.6) is 0 Å². The van der Waals surface area contributed by atoms with E-state index < -0.39 is 27.5 Å². The first-order valence-electron chi connectivity index (χ1n) is 3.18. The minimum absolute atomic E-state index is 0.0401. The molecule has 0 unspecified atom stereocenters. The molecule has 0 aliphatic rings. The molecule has 0 amide bonds. The quantitative estimate of drug-likeness (QED) is 0.712. The number of sulfone groups is 1. The van der Waals surface area contributed by atoms with Crippen molar-refractivity contribution in [1.29, 1.82) is 0 Å². The van der Waals surface area contributed by atoms with Gasteiger partial charge in [0.2, 0.25) is 0 Å². The number of halogens is 3. The van der Waals surface area contributed by atoms with E-state index in [0.717, 1.165) is 0 Å². The van der Waals surface area contributed by atoms with Crippen molar-refractivity contribution >= 4 is 9.84 Å². The summed E-state index contributed by atoms with van der Waals surface area (Å²) in [5, 5.41) is 2.46. The molecular formula is C5H10F3NO2S. The number of hydrogen-bond acceptors (Lipinski definition) is 3. The van der Waals surface area contributed by atoms with Crippen LogP contribution in [-0.2, 0) is 9.84 Å². The Hall–Kier alpha value is -0.300. The Bertz CT molecular complexity index is 221. The molecule has 0 saturated heterocycles. The van der Waals surface area contributed by atoms with E-state index in [1.807, 2.05) is 0 Å². The van der Waals surface area contributed by atoms with Crippen LogP contribution in [0.15, 0.2) is 0 Å². The van der Waals surface area contributed by atoms with Gasteiger partial charge in [0.15, 0.2) is 9.84 Å². The highest BCUT2D eigenvalue weighted by molar-refractivity contribution is 7.91. The second kappa shape index (κ2) is 4.08. The first-order chi connectivity index (χ1) is 5.27. The monoisotopic (exact) mass is 205 g/mol. The van der Waals surface area contributed by atoms with Crippen LogP contribution in [-0.4, -0.2) is 39.7 Å². The molecular weight excluding hydrogens is 195 g/mol. The van der Waals surface area contributed by atoms with Gasteiger partial charge in [0.25, 0.3) is 0 Å². The van der Waals surface area contributed by atoms with E-state index >= 15 is 0 Å². The van der Waals surface area contributed by atoms with Crippen LogP contribution in [0.3, 0.4) is 0 Å². The molecule has 1 N–H and O–H groups in total. The highest BCUT2D eigenvalue weighted by Gasteiger charge is 2.34. The zero-order chi connectivity index (χ0) is 9.83. The van der Waals surface area contributed by atoms with Crippen molar-refractivity contribution < 1.29 is 21.6 Å². The van der Waals surface area contributed by atoms with Gasteiger partial charge in [-0.2, -0.15) is 13.2 Å². The van der Waals surface area contributed by atoms with Crippen LogP contribution >= 0.6 is 0 Å².